The molecule has 2 amide bonds. The number of carbonyl (C=O) groups excluding carboxylic acids is 2. The van der Waals surface area contributed by atoms with Crippen molar-refractivity contribution in [3.05, 3.63) is 29.6 Å². The van der Waals surface area contributed by atoms with Crippen LogP contribution in [0.25, 0.3) is 0 Å². The Kier molecular flexibility index (Phi) is 4.26. The molecule has 0 aliphatic carbocycles. The van der Waals surface area contributed by atoms with Gasteiger partial charge in [-0.25, -0.2) is 4.98 Å². The summed E-state index contributed by atoms with van der Waals surface area (Å²) in [6, 6.07) is 5.11. The molecule has 2 N–H and O–H groups in total. The Labute approximate surface area is 92.7 Å². The van der Waals surface area contributed by atoms with Gasteiger partial charge in [-0.2, -0.15) is 0 Å². The Bertz CT molecular complexity index is 393. The number of aryl methyl sites for hydroxylation is 1. The maximum atomic E-state index is 11.5. The van der Waals surface area contributed by atoms with Gasteiger partial charge in [0.25, 0.3) is 5.91 Å². The lowest BCUT2D eigenvalue weighted by Gasteiger charge is -2.07. The van der Waals surface area contributed by atoms with E-state index in [1.165, 1.54) is 0 Å². The Morgan fingerprint density at radius 1 is 1.31 bits per heavy atom. The average molecular weight is 222 g/mol. The van der Waals surface area contributed by atoms with E-state index in [-0.39, 0.29) is 19.0 Å². The van der Waals surface area contributed by atoms with E-state index in [1.54, 1.807) is 25.1 Å². The highest BCUT2D eigenvalue weighted by Gasteiger charge is 2.05. The fourth-order valence-electron chi connectivity index (χ4n) is 1.10. The zero-order chi connectivity index (χ0) is 12.0. The molecule has 0 spiro atoms. The lowest BCUT2D eigenvalue weighted by Crippen LogP contribution is -2.41. The summed E-state index contributed by atoms with van der Waals surface area (Å²) in [7, 11) is 0. The summed E-state index contributed by atoms with van der Waals surface area (Å²) in [5.41, 5.74) is 1.06. The third-order valence-electron chi connectivity index (χ3n) is 1.80. The molecule has 6 nitrogen and oxygen atoms in total. The van der Waals surface area contributed by atoms with Crippen molar-refractivity contribution >= 4 is 12.0 Å². The van der Waals surface area contributed by atoms with Gasteiger partial charge in [-0.1, -0.05) is 6.07 Å². The molecule has 0 aliphatic heterocycles. The van der Waals surface area contributed by atoms with Gasteiger partial charge in [-0.3, -0.25) is 4.79 Å². The summed E-state index contributed by atoms with van der Waals surface area (Å²) < 4.78 is 0. The van der Waals surface area contributed by atoms with E-state index in [0.717, 1.165) is 5.69 Å². The Morgan fingerprint density at radius 3 is 2.62 bits per heavy atom. The number of nitrogens with zero attached hydrogens (tertiary/aromatic N) is 1. The fraction of sp³-hybridized carbons (Fsp3) is 0.300. The molecule has 1 heterocycles. The molecule has 0 fully saturated rings. The van der Waals surface area contributed by atoms with E-state index in [0.29, 0.717) is 5.69 Å². The monoisotopic (exact) mass is 222 g/mol. The second kappa shape index (κ2) is 5.69. The summed E-state index contributed by atoms with van der Waals surface area (Å²) in [5, 5.41) is 14.6. The maximum absolute atomic E-state index is 11.5. The first-order chi connectivity index (χ1) is 7.59. The van der Waals surface area contributed by atoms with E-state index in [2.05, 4.69) is 10.3 Å². The van der Waals surface area contributed by atoms with Crippen LogP contribution in [-0.4, -0.2) is 30.1 Å². The van der Waals surface area contributed by atoms with Crippen LogP contribution in [0.4, 0.5) is 4.79 Å². The molecule has 0 aliphatic rings. The highest BCUT2D eigenvalue weighted by molar-refractivity contribution is 5.92. The minimum Gasteiger partial charge on any atom is -0.530 e. The molecule has 0 saturated heterocycles. The van der Waals surface area contributed by atoms with Crippen LogP contribution in [0.3, 0.4) is 0 Å². The minimum absolute atomic E-state index is 0.111. The number of hydrogen-bond acceptors (Lipinski definition) is 4. The lowest BCUT2D eigenvalue weighted by molar-refractivity contribution is -0.250. The standard InChI is InChI=1S/C10H13N3O3/c1-7-3-2-4-8(13-7)9(14)11-5-6-12-10(15)16/h2-4,12H,5-6H2,1H3,(H,11,14)(H,15,16)/p-1. The number of pyridine rings is 1. The second-order valence-electron chi connectivity index (χ2n) is 3.13. The maximum Gasteiger partial charge on any atom is 0.269 e. The molecule has 1 rings (SSSR count). The molecule has 1 aromatic rings. The molecule has 16 heavy (non-hydrogen) atoms. The molecule has 0 saturated carbocycles. The predicted molar refractivity (Wildman–Crippen MR) is 54.7 cm³/mol. The number of carboxylic acid groups (broad SMARTS) is 1. The quantitative estimate of drug-likeness (QED) is 0.642. The van der Waals surface area contributed by atoms with Gasteiger partial charge < -0.3 is 20.5 Å². The number of carbonyl (C=O) groups is 2. The second-order valence-corrected chi connectivity index (χ2v) is 3.13. The van der Waals surface area contributed by atoms with E-state index in [1.807, 2.05) is 5.32 Å². The third kappa shape index (κ3) is 3.95. The van der Waals surface area contributed by atoms with E-state index < -0.39 is 6.09 Å². The van der Waals surface area contributed by atoms with Crippen molar-refractivity contribution in [3.8, 4) is 0 Å². The van der Waals surface area contributed by atoms with Crippen LogP contribution in [0, 0.1) is 6.92 Å². The van der Waals surface area contributed by atoms with Crippen molar-refractivity contribution in [3.63, 3.8) is 0 Å². The number of hydrogen-bond donors (Lipinski definition) is 2. The summed E-state index contributed by atoms with van der Waals surface area (Å²) in [5.74, 6) is -0.330. The van der Waals surface area contributed by atoms with Crippen molar-refractivity contribution in [1.82, 2.24) is 15.6 Å². The van der Waals surface area contributed by atoms with E-state index in [9.17, 15) is 14.7 Å². The van der Waals surface area contributed by atoms with E-state index in [4.69, 9.17) is 0 Å². The zero-order valence-corrected chi connectivity index (χ0v) is 8.82. The molecule has 0 radical (unpaired) electrons. The molecule has 0 unspecified atom stereocenters. The molecule has 0 atom stereocenters. The predicted octanol–water partition coefficient (Wildman–Crippen LogP) is -0.947. The Hall–Kier alpha value is -2.11. The van der Waals surface area contributed by atoms with Crippen LogP contribution in [0.1, 0.15) is 16.2 Å². The third-order valence-corrected chi connectivity index (χ3v) is 1.80. The van der Waals surface area contributed by atoms with Gasteiger partial charge >= 0.3 is 0 Å². The molecule has 0 bridgehead atoms. The average Bonchev–Trinajstić information content (AvgIpc) is 2.24. The molecule has 0 aromatic carbocycles. The van der Waals surface area contributed by atoms with Gasteiger partial charge in [0.15, 0.2) is 0 Å². The van der Waals surface area contributed by atoms with Gasteiger partial charge in [0.2, 0.25) is 0 Å². The number of nitrogens with one attached hydrogen (secondary N) is 2. The van der Waals surface area contributed by atoms with Crippen molar-refractivity contribution in [2.24, 2.45) is 0 Å². The van der Waals surface area contributed by atoms with Crippen molar-refractivity contribution in [2.45, 2.75) is 6.92 Å². The normalized spacial score (nSPS) is 9.56. The number of amides is 2. The van der Waals surface area contributed by atoms with Crippen molar-refractivity contribution in [2.75, 3.05) is 13.1 Å². The first-order valence-electron chi connectivity index (χ1n) is 4.76. The number of rotatable bonds is 4. The molecule has 6 heteroatoms. The van der Waals surface area contributed by atoms with Gasteiger partial charge in [0.05, 0.1) is 0 Å². The topological polar surface area (TPSA) is 94.2 Å². The minimum atomic E-state index is -1.36. The fourth-order valence-corrected chi connectivity index (χ4v) is 1.10. The Balaban J connectivity index is 2.38. The molecular formula is C10H12N3O3-. The van der Waals surface area contributed by atoms with Crippen molar-refractivity contribution in [1.29, 1.82) is 0 Å². The van der Waals surface area contributed by atoms with Crippen LogP contribution in [0.2, 0.25) is 0 Å². The van der Waals surface area contributed by atoms with Crippen molar-refractivity contribution < 1.29 is 14.7 Å². The first-order valence-corrected chi connectivity index (χ1v) is 4.76. The van der Waals surface area contributed by atoms with Gasteiger partial charge in [-0.05, 0) is 19.1 Å². The number of aromatic nitrogens is 1. The summed E-state index contributed by atoms with van der Waals surface area (Å²) in [6.07, 6.45) is -1.36. The summed E-state index contributed by atoms with van der Waals surface area (Å²) in [4.78, 5) is 25.5. The highest BCUT2D eigenvalue weighted by atomic mass is 16.4. The van der Waals surface area contributed by atoms with E-state index >= 15 is 0 Å². The highest BCUT2D eigenvalue weighted by Crippen LogP contribution is 1.97. The SMILES string of the molecule is Cc1cccc(C(=O)NCCNC(=O)[O-])n1. The zero-order valence-electron chi connectivity index (χ0n) is 8.82. The van der Waals surface area contributed by atoms with Crippen LogP contribution in [0.5, 0.6) is 0 Å². The Morgan fingerprint density at radius 2 is 2.00 bits per heavy atom. The van der Waals surface area contributed by atoms with Gasteiger partial charge in [0.1, 0.15) is 11.8 Å². The van der Waals surface area contributed by atoms with Crippen LogP contribution in [0.15, 0.2) is 18.2 Å². The molecular weight excluding hydrogens is 210 g/mol. The molecule has 1 aromatic heterocycles. The summed E-state index contributed by atoms with van der Waals surface area (Å²) in [6.45, 7) is 2.09. The largest absolute Gasteiger partial charge is 0.530 e. The van der Waals surface area contributed by atoms with Crippen LogP contribution < -0.4 is 15.7 Å². The first kappa shape index (κ1) is 12.0. The summed E-state index contributed by atoms with van der Waals surface area (Å²) >= 11 is 0. The molecule has 86 valence electrons. The van der Waals surface area contributed by atoms with Gasteiger partial charge in [0, 0.05) is 18.8 Å². The van der Waals surface area contributed by atoms with Crippen LogP contribution >= 0.6 is 0 Å². The van der Waals surface area contributed by atoms with Gasteiger partial charge in [-0.15, -0.1) is 0 Å². The smallest absolute Gasteiger partial charge is 0.269 e. The van der Waals surface area contributed by atoms with Crippen LogP contribution in [-0.2, 0) is 0 Å². The lowest BCUT2D eigenvalue weighted by atomic mass is 10.3.